The summed E-state index contributed by atoms with van der Waals surface area (Å²) in [4.78, 5) is 17.2. The summed E-state index contributed by atoms with van der Waals surface area (Å²) in [5, 5.41) is 8.74. The van der Waals surface area contributed by atoms with Crippen molar-refractivity contribution >= 4 is 38.8 Å². The van der Waals surface area contributed by atoms with Gasteiger partial charge in [-0.2, -0.15) is 5.10 Å². The van der Waals surface area contributed by atoms with E-state index in [0.717, 1.165) is 47.0 Å². The molecular formula is C25H34N4O4S. The highest BCUT2D eigenvalue weighted by molar-refractivity contribution is 7.20. The molecule has 3 aromatic rings. The Balaban J connectivity index is 1.65. The van der Waals surface area contributed by atoms with Crippen molar-refractivity contribution in [3.05, 3.63) is 28.8 Å². The third-order valence-corrected chi connectivity index (χ3v) is 6.78. The molecule has 1 amide bonds. The summed E-state index contributed by atoms with van der Waals surface area (Å²) in [6.07, 6.45) is 0. The van der Waals surface area contributed by atoms with E-state index in [1.165, 1.54) is 11.3 Å². The molecule has 1 fully saturated rings. The van der Waals surface area contributed by atoms with Crippen LogP contribution in [0, 0.1) is 12.8 Å². The minimum absolute atomic E-state index is 0.167. The number of thiophene rings is 1. The molecule has 4 rings (SSSR count). The first-order valence-electron chi connectivity index (χ1n) is 12.0. The molecule has 0 bridgehead atoms. The number of aryl methyl sites for hydroxylation is 1. The molecule has 34 heavy (non-hydrogen) atoms. The number of amides is 1. The normalized spacial score (nSPS) is 14.1. The zero-order valence-electron chi connectivity index (χ0n) is 20.6. The number of benzene rings is 1. The van der Waals surface area contributed by atoms with Gasteiger partial charge in [-0.25, -0.2) is 0 Å². The number of aromatic nitrogens is 2. The van der Waals surface area contributed by atoms with Gasteiger partial charge in [0.2, 0.25) is 0 Å². The minimum Gasteiger partial charge on any atom is -0.492 e. The first-order chi connectivity index (χ1) is 16.4. The lowest BCUT2D eigenvalue weighted by molar-refractivity contribution is 0.103. The van der Waals surface area contributed by atoms with E-state index < -0.39 is 0 Å². The molecule has 0 radical (unpaired) electrons. The number of nitrogens with one attached hydrogen (secondary N) is 1. The van der Waals surface area contributed by atoms with Crippen LogP contribution >= 0.6 is 11.3 Å². The number of carbonyl (C=O) groups is 1. The number of hydrogen-bond donors (Lipinski definition) is 1. The standard InChI is InChI=1S/C25H34N4O4S/c1-6-32-21-14-20(28-8-10-31-11-9-28)22(33-7-2)13-19(21)26-24(30)23-12-18-17(5)27-29(15-16(3)4)25(18)34-23/h12-14,16H,6-11,15H2,1-5H3,(H,26,30). The molecule has 1 aliphatic heterocycles. The number of rotatable bonds is 9. The molecule has 0 atom stereocenters. The number of anilines is 2. The summed E-state index contributed by atoms with van der Waals surface area (Å²) in [5.41, 5.74) is 2.50. The number of ether oxygens (including phenoxy) is 3. The molecular weight excluding hydrogens is 452 g/mol. The van der Waals surface area contributed by atoms with Gasteiger partial charge in [-0.3, -0.25) is 9.48 Å². The van der Waals surface area contributed by atoms with Crippen LogP contribution in [0.3, 0.4) is 0 Å². The SMILES string of the molecule is CCOc1cc(N2CCOCC2)c(OCC)cc1NC(=O)c1cc2c(C)nn(CC(C)C)c2s1. The van der Waals surface area contributed by atoms with Crippen LogP contribution in [0.5, 0.6) is 11.5 Å². The van der Waals surface area contributed by atoms with Crippen LogP contribution in [0.2, 0.25) is 0 Å². The molecule has 0 unspecified atom stereocenters. The topological polar surface area (TPSA) is 77.8 Å². The third-order valence-electron chi connectivity index (χ3n) is 5.63. The summed E-state index contributed by atoms with van der Waals surface area (Å²) >= 11 is 1.47. The van der Waals surface area contributed by atoms with Crippen molar-refractivity contribution < 1.29 is 19.0 Å². The molecule has 1 saturated heterocycles. The number of carbonyl (C=O) groups excluding carboxylic acids is 1. The van der Waals surface area contributed by atoms with E-state index >= 15 is 0 Å². The number of fused-ring (bicyclic) bond motifs is 1. The van der Waals surface area contributed by atoms with Crippen molar-refractivity contribution in [2.45, 2.75) is 41.2 Å². The average molecular weight is 487 g/mol. The van der Waals surface area contributed by atoms with E-state index in [0.29, 0.717) is 48.7 Å². The Hall–Kier alpha value is -2.78. The van der Waals surface area contributed by atoms with Crippen molar-refractivity contribution in [1.82, 2.24) is 9.78 Å². The molecule has 0 spiro atoms. The summed E-state index contributed by atoms with van der Waals surface area (Å²) in [6, 6.07) is 5.77. The number of morpholine rings is 1. The van der Waals surface area contributed by atoms with Gasteiger partial charge in [0, 0.05) is 37.2 Å². The van der Waals surface area contributed by atoms with Crippen LogP contribution in [0.1, 0.15) is 43.1 Å². The molecule has 184 valence electrons. The van der Waals surface area contributed by atoms with Gasteiger partial charge in [-0.05, 0) is 32.8 Å². The van der Waals surface area contributed by atoms with Crippen LogP contribution in [0.15, 0.2) is 18.2 Å². The maximum Gasteiger partial charge on any atom is 0.265 e. The predicted octanol–water partition coefficient (Wildman–Crippen LogP) is 4.95. The van der Waals surface area contributed by atoms with Crippen molar-refractivity contribution in [2.24, 2.45) is 5.92 Å². The summed E-state index contributed by atoms with van der Waals surface area (Å²) in [6.45, 7) is 15.0. The average Bonchev–Trinajstić information content (AvgIpc) is 3.37. The van der Waals surface area contributed by atoms with Crippen LogP contribution < -0.4 is 19.7 Å². The van der Waals surface area contributed by atoms with E-state index in [4.69, 9.17) is 14.2 Å². The Morgan fingerprint density at radius 1 is 1.15 bits per heavy atom. The first kappa shape index (κ1) is 24.3. The van der Waals surface area contributed by atoms with Gasteiger partial charge in [-0.15, -0.1) is 11.3 Å². The summed E-state index contributed by atoms with van der Waals surface area (Å²) < 4.78 is 19.4. The van der Waals surface area contributed by atoms with Gasteiger partial charge in [0.1, 0.15) is 16.3 Å². The second kappa shape index (κ2) is 10.7. The Bertz CT molecular complexity index is 1150. The highest BCUT2D eigenvalue weighted by Gasteiger charge is 2.22. The third kappa shape index (κ3) is 5.15. The molecule has 0 saturated carbocycles. The van der Waals surface area contributed by atoms with Crippen molar-refractivity contribution in [3.8, 4) is 11.5 Å². The van der Waals surface area contributed by atoms with Gasteiger partial charge in [0.05, 0.1) is 48.4 Å². The predicted molar refractivity (Wildman–Crippen MR) is 137 cm³/mol. The van der Waals surface area contributed by atoms with Crippen LogP contribution in [0.4, 0.5) is 11.4 Å². The smallest absolute Gasteiger partial charge is 0.265 e. The highest BCUT2D eigenvalue weighted by atomic mass is 32.1. The second-order valence-electron chi connectivity index (χ2n) is 8.73. The Morgan fingerprint density at radius 3 is 2.53 bits per heavy atom. The first-order valence-corrected chi connectivity index (χ1v) is 12.8. The molecule has 1 N–H and O–H groups in total. The largest absolute Gasteiger partial charge is 0.492 e. The van der Waals surface area contributed by atoms with E-state index in [-0.39, 0.29) is 5.91 Å². The fourth-order valence-electron chi connectivity index (χ4n) is 4.12. The van der Waals surface area contributed by atoms with Gasteiger partial charge in [-0.1, -0.05) is 13.8 Å². The molecule has 3 heterocycles. The van der Waals surface area contributed by atoms with E-state index in [1.54, 1.807) is 0 Å². The van der Waals surface area contributed by atoms with E-state index in [9.17, 15) is 4.79 Å². The molecule has 2 aromatic heterocycles. The molecule has 1 aromatic carbocycles. The zero-order valence-corrected chi connectivity index (χ0v) is 21.5. The lowest BCUT2D eigenvalue weighted by atomic mass is 10.2. The van der Waals surface area contributed by atoms with E-state index in [1.807, 2.05) is 43.7 Å². The Kier molecular flexibility index (Phi) is 7.63. The number of nitrogens with zero attached hydrogens (tertiary/aromatic N) is 3. The van der Waals surface area contributed by atoms with Crippen molar-refractivity contribution in [3.63, 3.8) is 0 Å². The van der Waals surface area contributed by atoms with Crippen molar-refractivity contribution in [1.29, 1.82) is 0 Å². The van der Waals surface area contributed by atoms with Crippen LogP contribution in [0.25, 0.3) is 10.2 Å². The molecule has 0 aliphatic carbocycles. The molecule has 1 aliphatic rings. The fraction of sp³-hybridized carbons (Fsp3) is 0.520. The van der Waals surface area contributed by atoms with Gasteiger partial charge in [0.15, 0.2) is 0 Å². The Morgan fingerprint density at radius 2 is 1.85 bits per heavy atom. The zero-order chi connectivity index (χ0) is 24.2. The van der Waals surface area contributed by atoms with Gasteiger partial charge in [0.25, 0.3) is 5.91 Å². The van der Waals surface area contributed by atoms with Crippen LogP contribution in [-0.4, -0.2) is 55.2 Å². The highest BCUT2D eigenvalue weighted by Crippen LogP contribution is 2.40. The lowest BCUT2D eigenvalue weighted by Gasteiger charge is -2.31. The van der Waals surface area contributed by atoms with Crippen molar-refractivity contribution in [2.75, 3.05) is 49.7 Å². The summed E-state index contributed by atoms with van der Waals surface area (Å²) in [5.74, 6) is 1.66. The monoisotopic (exact) mass is 486 g/mol. The quantitative estimate of drug-likeness (QED) is 0.461. The molecule has 8 nitrogen and oxygen atoms in total. The molecule has 9 heteroatoms. The summed E-state index contributed by atoms with van der Waals surface area (Å²) in [7, 11) is 0. The maximum absolute atomic E-state index is 13.3. The van der Waals surface area contributed by atoms with Gasteiger partial charge >= 0.3 is 0 Å². The van der Waals surface area contributed by atoms with Crippen LogP contribution in [-0.2, 0) is 11.3 Å². The Labute approximate surface area is 204 Å². The van der Waals surface area contributed by atoms with Gasteiger partial charge < -0.3 is 24.4 Å². The van der Waals surface area contributed by atoms with E-state index in [2.05, 4.69) is 29.2 Å². The number of hydrogen-bond acceptors (Lipinski definition) is 7. The minimum atomic E-state index is -0.167. The lowest BCUT2D eigenvalue weighted by Crippen LogP contribution is -2.36. The fourth-order valence-corrected chi connectivity index (χ4v) is 5.19. The second-order valence-corrected chi connectivity index (χ2v) is 9.76. The maximum atomic E-state index is 13.3.